The number of piperidine rings is 1. The SMILES string of the molecule is CCNC(=NCCS(=O)(=O)C(C)(C)C)N1CCC(C(=O)N2CCOCC2)CC1.I. The van der Waals surface area contributed by atoms with Crippen LogP contribution in [0.15, 0.2) is 4.99 Å². The molecule has 0 aliphatic carbocycles. The number of carbonyl (C=O) groups excluding carboxylic acids is 1. The predicted octanol–water partition coefficient (Wildman–Crippen LogP) is 1.35. The van der Waals surface area contributed by atoms with Crippen LogP contribution >= 0.6 is 24.0 Å². The van der Waals surface area contributed by atoms with Gasteiger partial charge in [-0.1, -0.05) is 0 Å². The van der Waals surface area contributed by atoms with E-state index in [2.05, 4.69) is 15.2 Å². The summed E-state index contributed by atoms with van der Waals surface area (Å²) in [5.41, 5.74) is 0. The molecule has 2 rings (SSSR count). The molecule has 2 aliphatic heterocycles. The predicted molar refractivity (Wildman–Crippen MR) is 127 cm³/mol. The Bertz CT molecular complexity index is 650. The van der Waals surface area contributed by atoms with Crippen molar-refractivity contribution in [1.29, 1.82) is 0 Å². The van der Waals surface area contributed by atoms with Gasteiger partial charge < -0.3 is 19.9 Å². The highest BCUT2D eigenvalue weighted by atomic mass is 127. The van der Waals surface area contributed by atoms with Gasteiger partial charge in [0.15, 0.2) is 15.8 Å². The van der Waals surface area contributed by atoms with Crippen LogP contribution < -0.4 is 5.32 Å². The number of halogens is 1. The zero-order chi connectivity index (χ0) is 20.8. The van der Waals surface area contributed by atoms with Crippen LogP contribution in [0.1, 0.15) is 40.5 Å². The van der Waals surface area contributed by atoms with Gasteiger partial charge in [0.25, 0.3) is 0 Å². The maximum atomic E-state index is 12.7. The van der Waals surface area contributed by atoms with E-state index >= 15 is 0 Å². The first-order valence-corrected chi connectivity index (χ1v) is 11.9. The summed E-state index contributed by atoms with van der Waals surface area (Å²) in [5.74, 6) is 1.07. The topological polar surface area (TPSA) is 91.3 Å². The lowest BCUT2D eigenvalue weighted by molar-refractivity contribution is -0.140. The van der Waals surface area contributed by atoms with Crippen molar-refractivity contribution < 1.29 is 17.9 Å². The summed E-state index contributed by atoms with van der Waals surface area (Å²) in [5, 5.41) is 3.25. The number of guanidine groups is 1. The number of carbonyl (C=O) groups is 1. The van der Waals surface area contributed by atoms with Crippen molar-refractivity contribution in [3.05, 3.63) is 0 Å². The molecule has 2 aliphatic rings. The lowest BCUT2D eigenvalue weighted by Gasteiger charge is -2.36. The summed E-state index contributed by atoms with van der Waals surface area (Å²) in [6, 6.07) is 0. The maximum absolute atomic E-state index is 12.7. The van der Waals surface area contributed by atoms with E-state index in [4.69, 9.17) is 4.74 Å². The van der Waals surface area contributed by atoms with E-state index in [1.807, 2.05) is 11.8 Å². The number of hydrogen-bond donors (Lipinski definition) is 1. The number of hydrogen-bond acceptors (Lipinski definition) is 5. The van der Waals surface area contributed by atoms with Crippen molar-refractivity contribution in [3.63, 3.8) is 0 Å². The van der Waals surface area contributed by atoms with E-state index in [1.165, 1.54) is 0 Å². The molecule has 1 amide bonds. The Morgan fingerprint density at radius 3 is 2.21 bits per heavy atom. The molecule has 1 N–H and O–H groups in total. The molecule has 0 unspecified atom stereocenters. The Kier molecular flexibility index (Phi) is 10.6. The number of ether oxygens (including phenoxy) is 1. The van der Waals surface area contributed by atoms with Crippen molar-refractivity contribution >= 4 is 45.7 Å². The highest BCUT2D eigenvalue weighted by Gasteiger charge is 2.31. The number of likely N-dealkylation sites (tertiary alicyclic amines) is 1. The van der Waals surface area contributed by atoms with Gasteiger partial charge in [0, 0.05) is 38.6 Å². The van der Waals surface area contributed by atoms with Crippen LogP contribution in [0.2, 0.25) is 0 Å². The van der Waals surface area contributed by atoms with E-state index in [0.29, 0.717) is 26.3 Å². The average molecular weight is 545 g/mol. The minimum atomic E-state index is -3.19. The second-order valence-corrected chi connectivity index (χ2v) is 11.2. The molecule has 0 aromatic heterocycles. The molecule has 10 heteroatoms. The van der Waals surface area contributed by atoms with Crippen LogP contribution in [0.3, 0.4) is 0 Å². The molecule has 170 valence electrons. The normalized spacial score (nSPS) is 19.7. The minimum Gasteiger partial charge on any atom is -0.378 e. The Labute approximate surface area is 192 Å². The number of sulfone groups is 1. The van der Waals surface area contributed by atoms with Gasteiger partial charge in [-0.15, -0.1) is 24.0 Å². The number of amides is 1. The lowest BCUT2D eigenvalue weighted by Crippen LogP contribution is -2.50. The van der Waals surface area contributed by atoms with Crippen LogP contribution in [0, 0.1) is 5.92 Å². The Morgan fingerprint density at radius 1 is 1.10 bits per heavy atom. The van der Waals surface area contributed by atoms with Crippen molar-refractivity contribution in [3.8, 4) is 0 Å². The molecule has 0 spiro atoms. The van der Waals surface area contributed by atoms with Crippen LogP contribution in [0.4, 0.5) is 0 Å². The number of morpholine rings is 1. The van der Waals surface area contributed by atoms with Crippen molar-refractivity contribution in [1.82, 2.24) is 15.1 Å². The van der Waals surface area contributed by atoms with Crippen molar-refractivity contribution in [2.75, 3.05) is 58.2 Å². The zero-order valence-corrected chi connectivity index (χ0v) is 21.3. The van der Waals surface area contributed by atoms with Gasteiger partial charge in [0.05, 0.1) is 30.3 Å². The highest BCUT2D eigenvalue weighted by Crippen LogP contribution is 2.21. The van der Waals surface area contributed by atoms with Crippen LogP contribution in [0.5, 0.6) is 0 Å². The monoisotopic (exact) mass is 544 g/mol. The lowest BCUT2D eigenvalue weighted by atomic mass is 9.95. The molecular formula is C19H37IN4O4S. The van der Waals surface area contributed by atoms with Gasteiger partial charge in [-0.25, -0.2) is 8.42 Å². The van der Waals surface area contributed by atoms with Crippen LogP contribution in [0.25, 0.3) is 0 Å². The Balaban J connectivity index is 0.00000420. The van der Waals surface area contributed by atoms with Crippen LogP contribution in [-0.4, -0.2) is 93.1 Å². The number of rotatable bonds is 5. The van der Waals surface area contributed by atoms with Gasteiger partial charge in [-0.05, 0) is 40.5 Å². The first-order chi connectivity index (χ1) is 13.2. The quantitative estimate of drug-likeness (QED) is 0.320. The third-order valence-electron chi connectivity index (χ3n) is 5.36. The van der Waals surface area contributed by atoms with E-state index in [9.17, 15) is 13.2 Å². The first-order valence-electron chi connectivity index (χ1n) is 10.3. The molecule has 0 radical (unpaired) electrons. The smallest absolute Gasteiger partial charge is 0.225 e. The summed E-state index contributed by atoms with van der Waals surface area (Å²) in [6.07, 6.45) is 1.59. The zero-order valence-electron chi connectivity index (χ0n) is 18.1. The highest BCUT2D eigenvalue weighted by molar-refractivity contribution is 14.0. The van der Waals surface area contributed by atoms with Gasteiger partial charge in [0.2, 0.25) is 5.91 Å². The molecule has 8 nitrogen and oxygen atoms in total. The first kappa shape index (κ1) is 26.4. The largest absolute Gasteiger partial charge is 0.378 e. The van der Waals surface area contributed by atoms with Gasteiger partial charge in [0.1, 0.15) is 0 Å². The fraction of sp³-hybridized carbons (Fsp3) is 0.895. The molecule has 0 aromatic carbocycles. The molecule has 0 aromatic rings. The second-order valence-electron chi connectivity index (χ2n) is 8.37. The van der Waals surface area contributed by atoms with Crippen molar-refractivity contribution in [2.24, 2.45) is 10.9 Å². The third kappa shape index (κ3) is 7.54. The summed E-state index contributed by atoms with van der Waals surface area (Å²) < 4.78 is 29.1. The number of nitrogens with one attached hydrogen (secondary N) is 1. The molecular weight excluding hydrogens is 507 g/mol. The summed E-state index contributed by atoms with van der Waals surface area (Å²) in [4.78, 5) is 21.3. The molecule has 0 saturated carbocycles. The van der Waals surface area contributed by atoms with Gasteiger partial charge in [-0.3, -0.25) is 9.79 Å². The van der Waals surface area contributed by atoms with Gasteiger partial charge in [-0.2, -0.15) is 0 Å². The summed E-state index contributed by atoms with van der Waals surface area (Å²) in [7, 11) is -3.19. The Hall–Kier alpha value is -0.620. The van der Waals surface area contributed by atoms with E-state index in [-0.39, 0.29) is 48.1 Å². The maximum Gasteiger partial charge on any atom is 0.225 e. The summed E-state index contributed by atoms with van der Waals surface area (Å²) in [6.45, 7) is 12.2. The molecule has 2 heterocycles. The second kappa shape index (κ2) is 11.7. The average Bonchev–Trinajstić information content (AvgIpc) is 2.66. The van der Waals surface area contributed by atoms with E-state index in [0.717, 1.165) is 38.4 Å². The molecule has 0 bridgehead atoms. The van der Waals surface area contributed by atoms with Crippen molar-refractivity contribution in [2.45, 2.75) is 45.3 Å². The standard InChI is InChI=1S/C19H36N4O4S.HI/c1-5-20-18(21-8-15-28(25,26)19(2,3)4)23-9-6-16(7-10-23)17(24)22-11-13-27-14-12-22;/h16H,5-15H2,1-4H3,(H,20,21);1H. The van der Waals surface area contributed by atoms with E-state index < -0.39 is 14.6 Å². The molecule has 0 atom stereocenters. The molecule has 29 heavy (non-hydrogen) atoms. The molecule has 2 fully saturated rings. The fourth-order valence-corrected chi connectivity index (χ4v) is 4.33. The van der Waals surface area contributed by atoms with Gasteiger partial charge >= 0.3 is 0 Å². The third-order valence-corrected chi connectivity index (χ3v) is 7.94. The minimum absolute atomic E-state index is 0. The van der Waals surface area contributed by atoms with E-state index in [1.54, 1.807) is 20.8 Å². The summed E-state index contributed by atoms with van der Waals surface area (Å²) >= 11 is 0. The number of aliphatic imine (C=N–C) groups is 1. The molecule has 2 saturated heterocycles. The fourth-order valence-electron chi connectivity index (χ4n) is 3.38. The Morgan fingerprint density at radius 2 is 1.69 bits per heavy atom. The number of nitrogens with zero attached hydrogens (tertiary/aromatic N) is 3. The van der Waals surface area contributed by atoms with Crippen LogP contribution in [-0.2, 0) is 19.4 Å².